The Bertz CT molecular complexity index is 79.8. The van der Waals surface area contributed by atoms with Gasteiger partial charge in [0.05, 0.1) is 0 Å². The molecule has 0 atom stereocenters. The first kappa shape index (κ1) is 7.20. The van der Waals surface area contributed by atoms with Crippen molar-refractivity contribution in [3.8, 4) is 11.2 Å². The molecule has 0 saturated heterocycles. The molecule has 0 aromatic heterocycles. The molecule has 0 bridgehead atoms. The van der Waals surface area contributed by atoms with Crippen LogP contribution in [0.4, 0.5) is 0 Å². The lowest BCUT2D eigenvalue weighted by atomic mass is 10.8. The maximum absolute atomic E-state index is 5.35. The third-order valence-electron chi connectivity index (χ3n) is 0.353. The molecule has 0 aliphatic rings. The van der Waals surface area contributed by atoms with E-state index in [0.717, 1.165) is 5.75 Å². The number of halogens is 1. The van der Waals surface area contributed by atoms with Gasteiger partial charge in [0.25, 0.3) is 0 Å². The summed E-state index contributed by atoms with van der Waals surface area (Å²) in [6, 6.07) is 0. The van der Waals surface area contributed by atoms with Gasteiger partial charge < -0.3 is 0 Å². The van der Waals surface area contributed by atoms with Gasteiger partial charge in [-0.2, -0.15) is 0 Å². The molecule has 0 aromatic rings. The van der Waals surface area contributed by atoms with Crippen LogP contribution < -0.4 is 0 Å². The Morgan fingerprint density at radius 1 is 1.71 bits per heavy atom. The summed E-state index contributed by atoms with van der Waals surface area (Å²) in [7, 11) is 0. The molecule has 2 heteroatoms. The van der Waals surface area contributed by atoms with Crippen LogP contribution in [-0.4, -0.2) is 11.6 Å². The Morgan fingerprint density at radius 3 is 2.86 bits per heavy atom. The van der Waals surface area contributed by atoms with Crippen LogP contribution in [0.5, 0.6) is 0 Å². The van der Waals surface area contributed by atoms with Crippen LogP contribution in [0.1, 0.15) is 6.92 Å². The molecule has 0 aliphatic heterocycles. The third kappa shape index (κ3) is 6.20. The molecule has 7 heavy (non-hydrogen) atoms. The van der Waals surface area contributed by atoms with E-state index < -0.39 is 0 Å². The fourth-order valence-electron chi connectivity index (χ4n) is 0.162. The zero-order chi connectivity index (χ0) is 5.54. The van der Waals surface area contributed by atoms with E-state index in [-0.39, 0.29) is 0 Å². The highest BCUT2D eigenvalue weighted by atomic mass is 35.5. The third-order valence-corrected chi connectivity index (χ3v) is 1.52. The number of hydrogen-bond acceptors (Lipinski definition) is 1. The van der Waals surface area contributed by atoms with Crippen molar-refractivity contribution < 1.29 is 0 Å². The summed E-state index contributed by atoms with van der Waals surface area (Å²) in [5.74, 6) is 4.38. The Labute approximate surface area is 53.6 Å². The summed E-state index contributed by atoms with van der Waals surface area (Å²) >= 11 is 6.91. The molecule has 0 rings (SSSR count). The van der Waals surface area contributed by atoms with Crippen LogP contribution in [0.15, 0.2) is 0 Å². The van der Waals surface area contributed by atoms with E-state index in [1.54, 1.807) is 11.8 Å². The van der Waals surface area contributed by atoms with Crippen LogP contribution in [-0.2, 0) is 0 Å². The smallest absolute Gasteiger partial charge is 0.0323 e. The first-order valence-corrected chi connectivity index (χ1v) is 3.53. The molecular weight excluding hydrogens is 128 g/mol. The number of hydrogen-bond donors (Lipinski definition) is 0. The first-order valence-electron chi connectivity index (χ1n) is 2.01. The zero-order valence-electron chi connectivity index (χ0n) is 4.20. The van der Waals surface area contributed by atoms with Crippen molar-refractivity contribution in [2.75, 3.05) is 11.6 Å². The Morgan fingerprint density at radius 2 is 2.43 bits per heavy atom. The maximum Gasteiger partial charge on any atom is 0.0323 e. The van der Waals surface area contributed by atoms with E-state index >= 15 is 0 Å². The molecular formula is C5H7ClS. The van der Waals surface area contributed by atoms with E-state index in [1.165, 1.54) is 0 Å². The molecule has 0 amide bonds. The predicted octanol–water partition coefficient (Wildman–Crippen LogP) is 1.94. The lowest BCUT2D eigenvalue weighted by Crippen LogP contribution is -1.71. The van der Waals surface area contributed by atoms with Gasteiger partial charge in [0.2, 0.25) is 0 Å². The highest BCUT2D eigenvalue weighted by molar-refractivity contribution is 8.03. The minimum Gasteiger partial charge on any atom is -0.126 e. The highest BCUT2D eigenvalue weighted by Crippen LogP contribution is 1.95. The Hall–Kier alpha value is 0.200. The van der Waals surface area contributed by atoms with Crippen molar-refractivity contribution in [2.45, 2.75) is 6.92 Å². The summed E-state index contributed by atoms with van der Waals surface area (Å²) in [5.41, 5.74) is 0. The van der Waals surface area contributed by atoms with Gasteiger partial charge in [-0.1, -0.05) is 17.7 Å². The summed E-state index contributed by atoms with van der Waals surface area (Å²) in [6.45, 7) is 1.82. The van der Waals surface area contributed by atoms with Crippen molar-refractivity contribution in [3.63, 3.8) is 0 Å². The minimum absolute atomic E-state index is 0.694. The molecule has 0 saturated carbocycles. The van der Waals surface area contributed by atoms with Gasteiger partial charge in [0, 0.05) is 11.6 Å². The molecule has 0 aliphatic carbocycles. The monoisotopic (exact) mass is 134 g/mol. The van der Waals surface area contributed by atoms with Crippen LogP contribution in [0, 0.1) is 11.2 Å². The van der Waals surface area contributed by atoms with Gasteiger partial charge in [0.15, 0.2) is 0 Å². The molecule has 0 spiro atoms. The lowest BCUT2D eigenvalue weighted by Gasteiger charge is -1.78. The molecule has 40 valence electrons. The average molecular weight is 135 g/mol. The van der Waals surface area contributed by atoms with Crippen LogP contribution in [0.3, 0.4) is 0 Å². The van der Waals surface area contributed by atoms with Gasteiger partial charge in [-0.05, 0) is 12.2 Å². The molecule has 0 radical (unpaired) electrons. The van der Waals surface area contributed by atoms with E-state index in [0.29, 0.717) is 5.88 Å². The molecule has 0 aromatic carbocycles. The van der Waals surface area contributed by atoms with Crippen LogP contribution in [0.2, 0.25) is 0 Å². The van der Waals surface area contributed by atoms with Crippen molar-refractivity contribution >= 4 is 23.4 Å². The molecule has 0 fully saturated rings. The number of rotatable bonds is 2. The minimum atomic E-state index is 0.694. The van der Waals surface area contributed by atoms with Crippen molar-refractivity contribution in [1.29, 1.82) is 0 Å². The summed E-state index contributed by atoms with van der Waals surface area (Å²) in [4.78, 5) is 0. The van der Waals surface area contributed by atoms with E-state index in [4.69, 9.17) is 11.6 Å². The van der Waals surface area contributed by atoms with Gasteiger partial charge in [0.1, 0.15) is 0 Å². The predicted molar refractivity (Wildman–Crippen MR) is 36.6 cm³/mol. The van der Waals surface area contributed by atoms with Crippen molar-refractivity contribution in [1.82, 2.24) is 0 Å². The zero-order valence-corrected chi connectivity index (χ0v) is 5.77. The van der Waals surface area contributed by atoms with Gasteiger partial charge in [-0.3, -0.25) is 0 Å². The van der Waals surface area contributed by atoms with Crippen molar-refractivity contribution in [2.24, 2.45) is 0 Å². The Balaban J connectivity index is 2.78. The van der Waals surface area contributed by atoms with Crippen molar-refractivity contribution in [3.05, 3.63) is 0 Å². The van der Waals surface area contributed by atoms with E-state index in [2.05, 4.69) is 11.2 Å². The van der Waals surface area contributed by atoms with Gasteiger partial charge >= 0.3 is 0 Å². The maximum atomic E-state index is 5.35. The molecule has 0 heterocycles. The average Bonchev–Trinajstić information content (AvgIpc) is 1.69. The van der Waals surface area contributed by atoms with E-state index in [1.807, 2.05) is 6.92 Å². The molecule has 0 nitrogen and oxygen atoms in total. The van der Waals surface area contributed by atoms with Gasteiger partial charge in [-0.25, -0.2) is 0 Å². The fourth-order valence-corrected chi connectivity index (χ4v) is 0.717. The largest absolute Gasteiger partial charge is 0.126 e. The summed E-state index contributed by atoms with van der Waals surface area (Å²) in [6.07, 6.45) is 0. The first-order chi connectivity index (χ1) is 3.41. The number of alkyl halides is 1. The fraction of sp³-hybridized carbons (Fsp3) is 0.600. The topological polar surface area (TPSA) is 0 Å². The summed E-state index contributed by atoms with van der Waals surface area (Å²) in [5, 5.41) is 2.83. The number of thioether (sulfide) groups is 1. The SMILES string of the molecule is CC#CSCCCl. The second kappa shape index (κ2) is 6.20. The van der Waals surface area contributed by atoms with Crippen LogP contribution >= 0.6 is 23.4 Å². The molecule has 0 unspecified atom stereocenters. The second-order valence-corrected chi connectivity index (χ2v) is 2.17. The van der Waals surface area contributed by atoms with E-state index in [9.17, 15) is 0 Å². The van der Waals surface area contributed by atoms with Crippen LogP contribution in [0.25, 0.3) is 0 Å². The summed E-state index contributed by atoms with van der Waals surface area (Å²) < 4.78 is 0. The van der Waals surface area contributed by atoms with Gasteiger partial charge in [-0.15, -0.1) is 11.6 Å². The highest BCUT2D eigenvalue weighted by Gasteiger charge is 1.74. The normalized spacial score (nSPS) is 7.14. The second-order valence-electron chi connectivity index (χ2n) is 0.890. The quantitative estimate of drug-likeness (QED) is 0.316. The Kier molecular flexibility index (Phi) is 6.38. The molecule has 0 N–H and O–H groups in total. The standard InChI is InChI=1S/C5H7ClS/c1-2-4-7-5-3-6/h3,5H2,1H3. The lowest BCUT2D eigenvalue weighted by molar-refractivity contribution is 1.55.